The van der Waals surface area contributed by atoms with Crippen molar-refractivity contribution in [3.63, 3.8) is 0 Å². The number of allylic oxidation sites excluding steroid dienone is 2. The Morgan fingerprint density at radius 3 is 2.62 bits per heavy atom. The van der Waals surface area contributed by atoms with Crippen LogP contribution in [0.25, 0.3) is 0 Å². The fourth-order valence-corrected chi connectivity index (χ4v) is 1.59. The van der Waals surface area contributed by atoms with E-state index in [-0.39, 0.29) is 11.5 Å². The van der Waals surface area contributed by atoms with E-state index in [2.05, 4.69) is 6.92 Å². The summed E-state index contributed by atoms with van der Waals surface area (Å²) in [5.41, 5.74) is 1.18. The van der Waals surface area contributed by atoms with Gasteiger partial charge in [-0.1, -0.05) is 31.6 Å². The van der Waals surface area contributed by atoms with Crippen molar-refractivity contribution in [2.45, 2.75) is 33.1 Å². The summed E-state index contributed by atoms with van der Waals surface area (Å²) in [5, 5.41) is 9.60. The molecule has 0 aliphatic carbocycles. The number of para-hydroxylation sites is 1. The van der Waals surface area contributed by atoms with Gasteiger partial charge < -0.3 is 5.11 Å². The van der Waals surface area contributed by atoms with E-state index in [0.29, 0.717) is 5.56 Å². The molecular formula is C14H18O2. The number of carbonyl (C=O) groups is 1. The first-order chi connectivity index (χ1) is 7.70. The number of hydrogen-bond acceptors (Lipinski definition) is 2. The number of ketones is 1. The predicted molar refractivity (Wildman–Crippen MR) is 65.7 cm³/mol. The van der Waals surface area contributed by atoms with Gasteiger partial charge in [0.1, 0.15) is 5.75 Å². The molecule has 0 unspecified atom stereocenters. The van der Waals surface area contributed by atoms with Gasteiger partial charge in [-0.15, -0.1) is 0 Å². The van der Waals surface area contributed by atoms with Gasteiger partial charge in [0.15, 0.2) is 5.78 Å². The molecule has 0 atom stereocenters. The third kappa shape index (κ3) is 2.96. The molecule has 86 valence electrons. The van der Waals surface area contributed by atoms with Gasteiger partial charge in [0.05, 0.1) is 5.56 Å². The molecule has 0 aliphatic rings. The van der Waals surface area contributed by atoms with Gasteiger partial charge in [-0.25, -0.2) is 0 Å². The monoisotopic (exact) mass is 218 g/mol. The molecule has 0 bridgehead atoms. The zero-order valence-corrected chi connectivity index (χ0v) is 9.86. The maximum absolute atomic E-state index is 12.1. The van der Waals surface area contributed by atoms with E-state index in [1.165, 1.54) is 0 Å². The number of phenols is 1. The molecule has 0 amide bonds. The lowest BCUT2D eigenvalue weighted by atomic mass is 9.98. The summed E-state index contributed by atoms with van der Waals surface area (Å²) in [5.74, 6) is -0.00241. The second kappa shape index (κ2) is 6.11. The lowest BCUT2D eigenvalue weighted by molar-refractivity contribution is 0.102. The molecule has 0 heterocycles. The van der Waals surface area contributed by atoms with Crippen molar-refractivity contribution < 1.29 is 9.90 Å². The first-order valence-electron chi connectivity index (χ1n) is 5.68. The van der Waals surface area contributed by atoms with E-state index >= 15 is 0 Å². The van der Waals surface area contributed by atoms with Crippen molar-refractivity contribution in [2.75, 3.05) is 0 Å². The SMILES string of the molecule is C/C=C(\CCCC)C(=O)c1ccccc1O. The maximum Gasteiger partial charge on any atom is 0.192 e. The summed E-state index contributed by atoms with van der Waals surface area (Å²) < 4.78 is 0. The summed E-state index contributed by atoms with van der Waals surface area (Å²) in [7, 11) is 0. The molecule has 16 heavy (non-hydrogen) atoms. The molecule has 1 rings (SSSR count). The van der Waals surface area contributed by atoms with Crippen LogP contribution in [0.3, 0.4) is 0 Å². The standard InChI is InChI=1S/C14H18O2/c1-3-5-8-11(4-2)14(16)12-9-6-7-10-13(12)15/h4,6-7,9-10,15H,3,5,8H2,1-2H3/b11-4+. The Kier molecular flexibility index (Phi) is 4.77. The number of benzene rings is 1. The van der Waals surface area contributed by atoms with Crippen molar-refractivity contribution >= 4 is 5.78 Å². The van der Waals surface area contributed by atoms with Gasteiger partial charge in [0.2, 0.25) is 0 Å². The Balaban J connectivity index is 2.88. The molecule has 1 N–H and O–H groups in total. The van der Waals surface area contributed by atoms with Crippen LogP contribution in [-0.2, 0) is 0 Å². The number of carbonyl (C=O) groups excluding carboxylic acids is 1. The third-order valence-corrected chi connectivity index (χ3v) is 2.59. The zero-order chi connectivity index (χ0) is 12.0. The van der Waals surface area contributed by atoms with Gasteiger partial charge in [-0.05, 0) is 37.5 Å². The molecule has 0 aromatic heterocycles. The lowest BCUT2D eigenvalue weighted by Crippen LogP contribution is -2.03. The topological polar surface area (TPSA) is 37.3 Å². The molecule has 0 radical (unpaired) electrons. The minimum absolute atomic E-state index is 0.0587. The number of unbranched alkanes of at least 4 members (excludes halogenated alkanes) is 1. The van der Waals surface area contributed by atoms with Crippen LogP contribution in [0.2, 0.25) is 0 Å². The highest BCUT2D eigenvalue weighted by molar-refractivity contribution is 6.10. The number of Topliss-reactive ketones (excluding diaryl/α,β-unsaturated/α-hetero) is 1. The third-order valence-electron chi connectivity index (χ3n) is 2.59. The van der Waals surface area contributed by atoms with E-state index in [1.807, 2.05) is 13.0 Å². The fraction of sp³-hybridized carbons (Fsp3) is 0.357. The molecule has 2 nitrogen and oxygen atoms in total. The van der Waals surface area contributed by atoms with Crippen molar-refractivity contribution in [2.24, 2.45) is 0 Å². The average Bonchev–Trinajstić information content (AvgIpc) is 2.30. The van der Waals surface area contributed by atoms with E-state index < -0.39 is 0 Å². The van der Waals surface area contributed by atoms with Gasteiger partial charge in [-0.3, -0.25) is 4.79 Å². The summed E-state index contributed by atoms with van der Waals surface area (Å²) in [6.45, 7) is 3.96. The first-order valence-corrected chi connectivity index (χ1v) is 5.68. The molecule has 2 heteroatoms. The lowest BCUT2D eigenvalue weighted by Gasteiger charge is -2.06. The van der Waals surface area contributed by atoms with Crippen LogP contribution in [0, 0.1) is 0 Å². The van der Waals surface area contributed by atoms with Crippen LogP contribution in [0.5, 0.6) is 5.75 Å². The molecule has 0 fully saturated rings. The van der Waals surface area contributed by atoms with Crippen LogP contribution >= 0.6 is 0 Å². The van der Waals surface area contributed by atoms with Crippen LogP contribution in [0.15, 0.2) is 35.9 Å². The highest BCUT2D eigenvalue weighted by atomic mass is 16.3. The van der Waals surface area contributed by atoms with Crippen LogP contribution in [0.4, 0.5) is 0 Å². The second-order valence-corrected chi connectivity index (χ2v) is 3.76. The largest absolute Gasteiger partial charge is 0.507 e. The highest BCUT2D eigenvalue weighted by Gasteiger charge is 2.14. The second-order valence-electron chi connectivity index (χ2n) is 3.76. The van der Waals surface area contributed by atoms with E-state index in [9.17, 15) is 9.90 Å². The Bertz CT molecular complexity index is 391. The molecule has 0 saturated heterocycles. The van der Waals surface area contributed by atoms with Gasteiger partial charge in [0, 0.05) is 0 Å². The van der Waals surface area contributed by atoms with Crippen LogP contribution in [-0.4, -0.2) is 10.9 Å². The molecule has 0 saturated carbocycles. The molecule has 0 spiro atoms. The van der Waals surface area contributed by atoms with Crippen molar-refractivity contribution in [1.82, 2.24) is 0 Å². The fourth-order valence-electron chi connectivity index (χ4n) is 1.59. The summed E-state index contributed by atoms with van der Waals surface area (Å²) in [4.78, 5) is 12.1. The maximum atomic E-state index is 12.1. The van der Waals surface area contributed by atoms with Crippen molar-refractivity contribution in [3.8, 4) is 5.75 Å². The van der Waals surface area contributed by atoms with Gasteiger partial charge in [0.25, 0.3) is 0 Å². The number of rotatable bonds is 5. The van der Waals surface area contributed by atoms with E-state index in [0.717, 1.165) is 24.8 Å². The predicted octanol–water partition coefficient (Wildman–Crippen LogP) is 3.71. The van der Waals surface area contributed by atoms with Gasteiger partial charge in [-0.2, -0.15) is 0 Å². The molecule has 1 aromatic rings. The van der Waals surface area contributed by atoms with Crippen LogP contribution < -0.4 is 0 Å². The smallest absolute Gasteiger partial charge is 0.192 e. The average molecular weight is 218 g/mol. The zero-order valence-electron chi connectivity index (χ0n) is 9.86. The quantitative estimate of drug-likeness (QED) is 0.604. The minimum Gasteiger partial charge on any atom is -0.507 e. The number of aromatic hydroxyl groups is 1. The summed E-state index contributed by atoms with van der Waals surface area (Å²) in [6, 6.07) is 6.68. The Morgan fingerprint density at radius 2 is 2.06 bits per heavy atom. The highest BCUT2D eigenvalue weighted by Crippen LogP contribution is 2.21. The Morgan fingerprint density at radius 1 is 1.38 bits per heavy atom. The summed E-state index contributed by atoms with van der Waals surface area (Å²) >= 11 is 0. The van der Waals surface area contributed by atoms with E-state index in [1.54, 1.807) is 24.3 Å². The van der Waals surface area contributed by atoms with Gasteiger partial charge >= 0.3 is 0 Å². The number of hydrogen-bond donors (Lipinski definition) is 1. The van der Waals surface area contributed by atoms with Crippen molar-refractivity contribution in [3.05, 3.63) is 41.5 Å². The Hall–Kier alpha value is -1.57. The normalized spacial score (nSPS) is 11.5. The molecule has 0 aliphatic heterocycles. The minimum atomic E-state index is -0.0611. The Labute approximate surface area is 96.6 Å². The molecule has 1 aromatic carbocycles. The van der Waals surface area contributed by atoms with E-state index in [4.69, 9.17) is 0 Å². The molecular weight excluding hydrogens is 200 g/mol. The van der Waals surface area contributed by atoms with Crippen molar-refractivity contribution in [1.29, 1.82) is 0 Å². The first kappa shape index (κ1) is 12.5. The summed E-state index contributed by atoms with van der Waals surface area (Å²) in [6.07, 6.45) is 4.68. The van der Waals surface area contributed by atoms with Crippen LogP contribution in [0.1, 0.15) is 43.5 Å². The number of phenolic OH excluding ortho intramolecular Hbond substituents is 1.